The first-order chi connectivity index (χ1) is 18.2. The summed E-state index contributed by atoms with van der Waals surface area (Å²) in [5, 5.41) is 3.61. The van der Waals surface area contributed by atoms with Crippen LogP contribution in [0, 0.1) is 0 Å². The molecular formula is C28H37N7O2. The molecule has 37 heavy (non-hydrogen) atoms. The SMILES string of the molecule is CN1CCC(c2ccnc(NC3CCC(Oc4cc(N5CCOCC5)cc5nccnc45)CC3)n2)CC1. The topological polar surface area (TPSA) is 88.5 Å². The molecule has 0 amide bonds. The first-order valence-corrected chi connectivity index (χ1v) is 13.7. The maximum atomic E-state index is 6.58. The van der Waals surface area contributed by atoms with Crippen molar-refractivity contribution in [2.24, 2.45) is 0 Å². The molecular weight excluding hydrogens is 466 g/mol. The lowest BCUT2D eigenvalue weighted by molar-refractivity contribution is 0.122. The Balaban J connectivity index is 1.08. The molecule has 0 atom stereocenters. The van der Waals surface area contributed by atoms with Gasteiger partial charge in [-0.1, -0.05) is 0 Å². The van der Waals surface area contributed by atoms with Crippen LogP contribution in [0.3, 0.4) is 0 Å². The van der Waals surface area contributed by atoms with E-state index in [9.17, 15) is 0 Å². The van der Waals surface area contributed by atoms with Crippen molar-refractivity contribution >= 4 is 22.7 Å². The van der Waals surface area contributed by atoms with Crippen molar-refractivity contribution in [2.75, 3.05) is 56.7 Å². The Kier molecular flexibility index (Phi) is 7.32. The summed E-state index contributed by atoms with van der Waals surface area (Å²) in [4.78, 5) is 23.3. The van der Waals surface area contributed by atoms with Crippen molar-refractivity contribution in [2.45, 2.75) is 56.6 Å². The van der Waals surface area contributed by atoms with Gasteiger partial charge in [0.05, 0.1) is 24.8 Å². The number of ether oxygens (including phenoxy) is 2. The van der Waals surface area contributed by atoms with Gasteiger partial charge in [-0.15, -0.1) is 0 Å². The molecule has 3 aromatic rings. The maximum Gasteiger partial charge on any atom is 0.223 e. The zero-order chi connectivity index (χ0) is 25.0. The number of morpholine rings is 1. The predicted octanol–water partition coefficient (Wildman–Crippen LogP) is 3.87. The molecule has 9 heteroatoms. The van der Waals surface area contributed by atoms with Crippen molar-refractivity contribution in [3.63, 3.8) is 0 Å². The Morgan fingerprint density at radius 3 is 2.49 bits per heavy atom. The number of rotatable bonds is 6. The Morgan fingerprint density at radius 2 is 1.68 bits per heavy atom. The molecule has 1 aliphatic carbocycles. The Morgan fingerprint density at radius 1 is 0.892 bits per heavy atom. The molecule has 2 aromatic heterocycles. The fourth-order valence-electron chi connectivity index (χ4n) is 5.78. The van der Waals surface area contributed by atoms with Gasteiger partial charge in [0, 0.05) is 61.1 Å². The fraction of sp³-hybridized carbons (Fsp3) is 0.571. The minimum atomic E-state index is 0.162. The van der Waals surface area contributed by atoms with E-state index < -0.39 is 0 Å². The molecule has 0 spiro atoms. The number of benzene rings is 1. The molecule has 9 nitrogen and oxygen atoms in total. The highest BCUT2D eigenvalue weighted by Crippen LogP contribution is 2.33. The van der Waals surface area contributed by atoms with E-state index in [0.717, 1.165) is 93.5 Å². The highest BCUT2D eigenvalue weighted by molar-refractivity contribution is 5.85. The number of hydrogen-bond acceptors (Lipinski definition) is 9. The summed E-state index contributed by atoms with van der Waals surface area (Å²) in [6.45, 7) is 5.52. The second-order valence-electron chi connectivity index (χ2n) is 10.6. The normalized spacial score (nSPS) is 23.8. The van der Waals surface area contributed by atoms with Gasteiger partial charge < -0.3 is 24.6 Å². The standard InChI is InChI=1S/C28H37N7O2/c1-34-12-7-20(8-13-34)24-6-9-31-28(33-24)32-21-2-4-23(5-3-21)37-26-19-22(35-14-16-36-17-15-35)18-25-27(26)30-11-10-29-25/h6,9-11,18-21,23H,2-5,7-8,12-17H2,1H3,(H,31,32,33). The summed E-state index contributed by atoms with van der Waals surface area (Å²) < 4.78 is 12.1. The number of nitrogens with one attached hydrogen (secondary N) is 1. The number of fused-ring (bicyclic) bond motifs is 1. The summed E-state index contributed by atoms with van der Waals surface area (Å²) in [6, 6.07) is 6.70. The molecule has 1 saturated carbocycles. The predicted molar refractivity (Wildman–Crippen MR) is 144 cm³/mol. The summed E-state index contributed by atoms with van der Waals surface area (Å²) in [5.74, 6) is 2.13. The minimum absolute atomic E-state index is 0.162. The molecule has 4 heterocycles. The Labute approximate surface area is 218 Å². The van der Waals surface area contributed by atoms with Crippen LogP contribution < -0.4 is 15.0 Å². The molecule has 3 aliphatic rings. The zero-order valence-corrected chi connectivity index (χ0v) is 21.7. The van der Waals surface area contributed by atoms with E-state index in [1.54, 1.807) is 12.4 Å². The number of likely N-dealkylation sites (tertiary alicyclic amines) is 1. The monoisotopic (exact) mass is 503 g/mol. The molecule has 0 radical (unpaired) electrons. The third-order valence-electron chi connectivity index (χ3n) is 8.01. The number of piperidine rings is 1. The van der Waals surface area contributed by atoms with Crippen LogP contribution >= 0.6 is 0 Å². The van der Waals surface area contributed by atoms with Gasteiger partial charge in [0.2, 0.25) is 5.95 Å². The molecule has 0 unspecified atom stereocenters. The number of aromatic nitrogens is 4. The van der Waals surface area contributed by atoms with Crippen molar-refractivity contribution in [3.8, 4) is 5.75 Å². The molecule has 2 aliphatic heterocycles. The summed E-state index contributed by atoms with van der Waals surface area (Å²) in [5.41, 5.74) is 4.01. The van der Waals surface area contributed by atoms with Crippen LogP contribution in [-0.4, -0.2) is 83.4 Å². The van der Waals surface area contributed by atoms with Gasteiger partial charge in [-0.05, 0) is 70.8 Å². The fourth-order valence-corrected chi connectivity index (χ4v) is 5.78. The van der Waals surface area contributed by atoms with Crippen LogP contribution in [0.2, 0.25) is 0 Å². The van der Waals surface area contributed by atoms with E-state index in [4.69, 9.17) is 14.5 Å². The first kappa shape index (κ1) is 24.3. The molecule has 0 bridgehead atoms. The maximum absolute atomic E-state index is 6.58. The van der Waals surface area contributed by atoms with E-state index in [2.05, 4.69) is 55.3 Å². The molecule has 2 saturated heterocycles. The van der Waals surface area contributed by atoms with E-state index in [1.165, 1.54) is 18.5 Å². The van der Waals surface area contributed by atoms with Crippen LogP contribution in [0.1, 0.15) is 50.1 Å². The van der Waals surface area contributed by atoms with Crippen molar-refractivity contribution in [3.05, 3.63) is 42.5 Å². The van der Waals surface area contributed by atoms with Crippen LogP contribution in [0.5, 0.6) is 5.75 Å². The summed E-state index contributed by atoms with van der Waals surface area (Å²) in [7, 11) is 2.19. The third-order valence-corrected chi connectivity index (χ3v) is 8.01. The highest BCUT2D eigenvalue weighted by atomic mass is 16.5. The lowest BCUT2D eigenvalue weighted by Crippen LogP contribution is -2.36. The quantitative estimate of drug-likeness (QED) is 0.538. The van der Waals surface area contributed by atoms with Gasteiger partial charge in [0.15, 0.2) is 0 Å². The number of hydrogen-bond donors (Lipinski definition) is 1. The van der Waals surface area contributed by atoms with E-state index in [-0.39, 0.29) is 6.10 Å². The number of nitrogens with zero attached hydrogens (tertiary/aromatic N) is 6. The lowest BCUT2D eigenvalue weighted by atomic mass is 9.92. The van der Waals surface area contributed by atoms with Gasteiger partial charge in [0.25, 0.3) is 0 Å². The van der Waals surface area contributed by atoms with Gasteiger partial charge in [-0.2, -0.15) is 0 Å². The second kappa shape index (κ2) is 11.1. The smallest absolute Gasteiger partial charge is 0.223 e. The average Bonchev–Trinajstić information content (AvgIpc) is 2.95. The van der Waals surface area contributed by atoms with Gasteiger partial charge in [0.1, 0.15) is 11.3 Å². The first-order valence-electron chi connectivity index (χ1n) is 13.7. The molecule has 6 rings (SSSR count). The lowest BCUT2D eigenvalue weighted by Gasteiger charge is -2.31. The van der Waals surface area contributed by atoms with Crippen LogP contribution in [0.25, 0.3) is 11.0 Å². The second-order valence-corrected chi connectivity index (χ2v) is 10.6. The van der Waals surface area contributed by atoms with Gasteiger partial charge in [-0.25, -0.2) is 15.0 Å². The van der Waals surface area contributed by atoms with Crippen molar-refractivity contribution in [1.82, 2.24) is 24.8 Å². The molecule has 196 valence electrons. The minimum Gasteiger partial charge on any atom is -0.488 e. The molecule has 1 N–H and O–H groups in total. The highest BCUT2D eigenvalue weighted by Gasteiger charge is 2.25. The molecule has 3 fully saturated rings. The molecule has 1 aromatic carbocycles. The van der Waals surface area contributed by atoms with Crippen LogP contribution in [0.4, 0.5) is 11.6 Å². The van der Waals surface area contributed by atoms with E-state index in [1.807, 2.05) is 6.20 Å². The Bertz CT molecular complexity index is 1190. The van der Waals surface area contributed by atoms with Crippen molar-refractivity contribution in [1.29, 1.82) is 0 Å². The third kappa shape index (κ3) is 5.78. The average molecular weight is 504 g/mol. The van der Waals surface area contributed by atoms with Crippen molar-refractivity contribution < 1.29 is 9.47 Å². The van der Waals surface area contributed by atoms with E-state index >= 15 is 0 Å². The zero-order valence-electron chi connectivity index (χ0n) is 21.7. The number of anilines is 2. The van der Waals surface area contributed by atoms with Crippen LogP contribution in [0.15, 0.2) is 36.8 Å². The van der Waals surface area contributed by atoms with Gasteiger partial charge in [-0.3, -0.25) is 4.98 Å². The van der Waals surface area contributed by atoms with Gasteiger partial charge >= 0.3 is 0 Å². The van der Waals surface area contributed by atoms with E-state index in [0.29, 0.717) is 12.0 Å². The Hall–Kier alpha value is -3.04. The summed E-state index contributed by atoms with van der Waals surface area (Å²) in [6.07, 6.45) is 11.9. The largest absolute Gasteiger partial charge is 0.488 e. The van der Waals surface area contributed by atoms with Crippen LogP contribution in [-0.2, 0) is 4.74 Å². The summed E-state index contributed by atoms with van der Waals surface area (Å²) >= 11 is 0.